The van der Waals surface area contributed by atoms with Gasteiger partial charge in [0, 0.05) is 49.1 Å². The molecular weight excluding hydrogens is 731 g/mol. The van der Waals surface area contributed by atoms with E-state index in [2.05, 4.69) is 20.1 Å². The number of halogens is 3. The maximum absolute atomic E-state index is 14.2. The third kappa shape index (κ3) is 6.84. The number of methoxy groups -OCH3 is 1. The van der Waals surface area contributed by atoms with Gasteiger partial charge in [-0.05, 0) is 70.6 Å². The van der Waals surface area contributed by atoms with Crippen molar-refractivity contribution in [2.24, 2.45) is 5.92 Å². The first-order valence-corrected chi connectivity index (χ1v) is 19.3. The number of likely N-dealkylation sites (N-methyl/N-ethyl adjacent to an activating group) is 1. The molecule has 0 spiro atoms. The van der Waals surface area contributed by atoms with Crippen molar-refractivity contribution in [3.63, 3.8) is 0 Å². The van der Waals surface area contributed by atoms with Crippen molar-refractivity contribution in [3.8, 4) is 17.3 Å². The van der Waals surface area contributed by atoms with Gasteiger partial charge in [-0.25, -0.2) is 22.9 Å². The third-order valence-corrected chi connectivity index (χ3v) is 13.2. The van der Waals surface area contributed by atoms with E-state index in [0.717, 1.165) is 23.4 Å². The lowest BCUT2D eigenvalue weighted by atomic mass is 10.1. The van der Waals surface area contributed by atoms with E-state index < -0.39 is 62.2 Å². The van der Waals surface area contributed by atoms with Gasteiger partial charge in [-0.1, -0.05) is 12.2 Å². The van der Waals surface area contributed by atoms with Gasteiger partial charge in [0.2, 0.25) is 15.9 Å². The number of allylic oxidation sites excluding steroid dienone is 1. The number of aromatic nitrogens is 3. The third-order valence-electron chi connectivity index (χ3n) is 11.0. The Labute approximate surface area is 310 Å². The lowest BCUT2D eigenvalue weighted by Crippen LogP contribution is -2.58. The van der Waals surface area contributed by atoms with Crippen molar-refractivity contribution in [3.05, 3.63) is 53.9 Å². The van der Waals surface area contributed by atoms with Gasteiger partial charge in [-0.3, -0.25) is 14.3 Å². The van der Waals surface area contributed by atoms with E-state index in [1.165, 1.54) is 18.1 Å². The number of alkyl halides is 3. The fraction of sp³-hybridized carbons (Fsp3) is 0.528. The molecule has 7 rings (SSSR count). The predicted octanol–water partition coefficient (Wildman–Crippen LogP) is 4.24. The number of carbonyl (C=O) groups is 3. The van der Waals surface area contributed by atoms with Crippen LogP contribution >= 0.6 is 0 Å². The topological polar surface area (TPSA) is 165 Å². The molecule has 4 aliphatic rings. The predicted molar refractivity (Wildman–Crippen MR) is 189 cm³/mol. The van der Waals surface area contributed by atoms with E-state index in [0.29, 0.717) is 54.4 Å². The number of nitrogens with one attached hydrogen (secondary N) is 2. The number of carbonyl (C=O) groups excluding carboxylic acids is 3. The van der Waals surface area contributed by atoms with Crippen LogP contribution in [-0.4, -0.2) is 101 Å². The number of fused-ring (bicyclic) bond motifs is 3. The zero-order valence-electron chi connectivity index (χ0n) is 30.3. The summed E-state index contributed by atoms with van der Waals surface area (Å²) in [4.78, 5) is 49.3. The standard InChI is InChI=1S/C36H42F3N7O7S/c1-21-26(52-4)11-10-24-27(18-29(40-30(21)24)46-16-12-28(42-46)36(37,38)39)53-23-17-25-31(47)44(3)15-8-6-5-7-9-22-19-35(22,41-33(49)45(25)20-23)32(48)43-54(50,51)34(2)13-14-34/h7,9-12,16,18,22-23,25H,5-6,8,13-15,17,19-20H2,1-4H3,(H,41,49)(H,43,48)/b9-7-/t22-,23+,25+,35-/m1/s1. The molecule has 1 aromatic carbocycles. The second-order valence-electron chi connectivity index (χ2n) is 14.8. The monoisotopic (exact) mass is 773 g/mol. The van der Waals surface area contributed by atoms with E-state index in [9.17, 15) is 36.0 Å². The van der Waals surface area contributed by atoms with Crippen LogP contribution in [-0.2, 0) is 25.8 Å². The highest BCUT2D eigenvalue weighted by Gasteiger charge is 2.63. The highest BCUT2D eigenvalue weighted by atomic mass is 32.2. The summed E-state index contributed by atoms with van der Waals surface area (Å²) in [6.07, 6.45) is 2.63. The van der Waals surface area contributed by atoms with E-state index in [1.807, 2.05) is 12.2 Å². The molecule has 2 saturated carbocycles. The average molecular weight is 774 g/mol. The van der Waals surface area contributed by atoms with Gasteiger partial charge >= 0.3 is 12.2 Å². The lowest BCUT2D eigenvalue weighted by molar-refractivity contribution is -0.141. The largest absolute Gasteiger partial charge is 0.496 e. The molecule has 290 valence electrons. The molecule has 54 heavy (non-hydrogen) atoms. The van der Waals surface area contributed by atoms with Crippen molar-refractivity contribution in [2.75, 3.05) is 27.2 Å². The summed E-state index contributed by atoms with van der Waals surface area (Å²) in [5.41, 5.74) is -1.67. The molecule has 3 fully saturated rings. The van der Waals surface area contributed by atoms with Crippen molar-refractivity contribution >= 4 is 38.8 Å². The summed E-state index contributed by atoms with van der Waals surface area (Å²) in [7, 11) is -0.865. The number of pyridine rings is 1. The van der Waals surface area contributed by atoms with Crippen LogP contribution in [0.15, 0.2) is 42.6 Å². The van der Waals surface area contributed by atoms with E-state index in [4.69, 9.17) is 9.47 Å². The van der Waals surface area contributed by atoms with Crippen molar-refractivity contribution < 1.29 is 45.4 Å². The zero-order chi connectivity index (χ0) is 38.8. The first kappa shape index (κ1) is 37.4. The van der Waals surface area contributed by atoms with Crippen molar-refractivity contribution in [1.29, 1.82) is 0 Å². The number of nitrogens with zero attached hydrogens (tertiary/aromatic N) is 5. The van der Waals surface area contributed by atoms with Crippen LogP contribution in [0.5, 0.6) is 11.5 Å². The average Bonchev–Trinajstić information content (AvgIpc) is 3.88. The van der Waals surface area contributed by atoms with Crippen LogP contribution in [0.2, 0.25) is 0 Å². The fourth-order valence-electron chi connectivity index (χ4n) is 7.19. The number of urea groups is 1. The number of benzene rings is 1. The molecule has 14 nitrogen and oxygen atoms in total. The Morgan fingerprint density at radius 1 is 1.13 bits per heavy atom. The van der Waals surface area contributed by atoms with Gasteiger partial charge in [0.25, 0.3) is 5.91 Å². The number of amides is 4. The number of aryl methyl sites for hydroxylation is 1. The van der Waals surface area contributed by atoms with Crippen LogP contribution in [0.4, 0.5) is 18.0 Å². The minimum atomic E-state index is -4.68. The molecule has 2 aliphatic carbocycles. The second-order valence-corrected chi connectivity index (χ2v) is 17.0. The SMILES string of the molecule is COc1ccc2c(O[C@H]3C[C@H]4C(=O)N(C)CCCC/C=C\[C@@H]5C[C@@]5(C(=O)NS(=O)(=O)C5(C)CC5)NC(=O)N4C3)cc(-n3ccc(C(F)(F)F)n3)nc2c1C. The number of hydrogen-bond acceptors (Lipinski definition) is 9. The Morgan fingerprint density at radius 3 is 2.57 bits per heavy atom. The molecule has 3 aromatic rings. The van der Waals surface area contributed by atoms with Crippen LogP contribution in [0.25, 0.3) is 16.7 Å². The van der Waals surface area contributed by atoms with Crippen LogP contribution in [0, 0.1) is 12.8 Å². The van der Waals surface area contributed by atoms with Gasteiger partial charge < -0.3 is 24.6 Å². The fourth-order valence-corrected chi connectivity index (χ4v) is 8.50. The Morgan fingerprint density at radius 2 is 1.89 bits per heavy atom. The maximum atomic E-state index is 14.2. The van der Waals surface area contributed by atoms with Gasteiger partial charge in [0.1, 0.15) is 29.2 Å². The molecular formula is C36H42F3N7O7S. The molecule has 0 radical (unpaired) electrons. The van der Waals surface area contributed by atoms with Gasteiger partial charge in [-0.15, -0.1) is 0 Å². The van der Waals surface area contributed by atoms with E-state index in [-0.39, 0.29) is 36.9 Å². The smallest absolute Gasteiger partial charge is 0.435 e. The van der Waals surface area contributed by atoms with Crippen LogP contribution < -0.4 is 19.5 Å². The zero-order valence-corrected chi connectivity index (χ0v) is 31.1. The quantitative estimate of drug-likeness (QED) is 0.334. The highest BCUT2D eigenvalue weighted by Crippen LogP contribution is 2.47. The number of sulfonamides is 1. The van der Waals surface area contributed by atoms with Crippen molar-refractivity contribution in [2.45, 2.75) is 87.4 Å². The van der Waals surface area contributed by atoms with E-state index in [1.54, 1.807) is 37.9 Å². The molecule has 2 N–H and O–H groups in total. The molecule has 18 heteroatoms. The molecule has 0 bridgehead atoms. The number of hydrogen-bond donors (Lipinski definition) is 2. The van der Waals surface area contributed by atoms with Crippen LogP contribution in [0.3, 0.4) is 0 Å². The second kappa shape index (κ2) is 13.5. The summed E-state index contributed by atoms with van der Waals surface area (Å²) in [6.45, 7) is 3.66. The molecule has 0 unspecified atom stereocenters. The highest BCUT2D eigenvalue weighted by molar-refractivity contribution is 7.91. The minimum absolute atomic E-state index is 0.0330. The molecule has 2 aromatic heterocycles. The van der Waals surface area contributed by atoms with Crippen LogP contribution in [0.1, 0.15) is 63.1 Å². The summed E-state index contributed by atoms with van der Waals surface area (Å²) < 4.78 is 80.7. The molecule has 4 amide bonds. The Bertz CT molecular complexity index is 2150. The lowest BCUT2D eigenvalue weighted by Gasteiger charge is -2.30. The number of rotatable bonds is 7. The Hall–Kier alpha value is -4.87. The molecule has 4 atom stereocenters. The van der Waals surface area contributed by atoms with Gasteiger partial charge in [0.15, 0.2) is 11.5 Å². The maximum Gasteiger partial charge on any atom is 0.435 e. The number of ether oxygens (including phenoxy) is 2. The summed E-state index contributed by atoms with van der Waals surface area (Å²) in [6, 6.07) is 3.96. The summed E-state index contributed by atoms with van der Waals surface area (Å²) in [5.74, 6) is -0.876. The first-order chi connectivity index (χ1) is 25.5. The van der Waals surface area contributed by atoms with Gasteiger partial charge in [-0.2, -0.15) is 18.3 Å². The Balaban J connectivity index is 1.21. The molecule has 2 aliphatic heterocycles. The minimum Gasteiger partial charge on any atom is -0.496 e. The summed E-state index contributed by atoms with van der Waals surface area (Å²) >= 11 is 0. The molecule has 4 heterocycles. The Kier molecular flexibility index (Phi) is 9.33. The molecule has 1 saturated heterocycles. The summed E-state index contributed by atoms with van der Waals surface area (Å²) in [5, 5.41) is 7.00. The first-order valence-electron chi connectivity index (χ1n) is 17.8. The van der Waals surface area contributed by atoms with E-state index >= 15 is 0 Å². The van der Waals surface area contributed by atoms with Gasteiger partial charge in [0.05, 0.1) is 23.9 Å². The normalized spacial score (nSPS) is 26.3. The van der Waals surface area contributed by atoms with Crippen molar-refractivity contribution in [1.82, 2.24) is 34.6 Å².